The highest BCUT2D eigenvalue weighted by atomic mass is 35.5. The van der Waals surface area contributed by atoms with Crippen LogP contribution in [0.3, 0.4) is 0 Å². The van der Waals surface area contributed by atoms with Crippen LogP contribution in [-0.2, 0) is 33.4 Å². The van der Waals surface area contributed by atoms with E-state index in [9.17, 15) is 9.67 Å². The minimum atomic E-state index is -3.97. The molecule has 0 saturated carbocycles. The number of benzene rings is 3. The Hall–Kier alpha value is -2.14. The molecule has 0 spiro atoms. The second kappa shape index (κ2) is 9.87. The summed E-state index contributed by atoms with van der Waals surface area (Å²) in [5.74, 6) is 0.156. The van der Waals surface area contributed by atoms with Gasteiger partial charge in [-0.2, -0.15) is 0 Å². The Balaban J connectivity index is 1.77. The van der Waals surface area contributed by atoms with Crippen LogP contribution in [0.5, 0.6) is 5.75 Å². The summed E-state index contributed by atoms with van der Waals surface area (Å²) in [6.45, 7) is -0.0504. The van der Waals surface area contributed by atoms with Crippen LogP contribution < -0.4 is 4.52 Å². The van der Waals surface area contributed by atoms with Gasteiger partial charge in [-0.25, -0.2) is 4.57 Å². The Morgan fingerprint density at radius 1 is 0.786 bits per heavy atom. The summed E-state index contributed by atoms with van der Waals surface area (Å²) in [7, 11) is -3.97. The Labute approximate surface area is 169 Å². The molecule has 7 heteroatoms. The number of aliphatic hydroxyl groups excluding tert-OH is 1. The van der Waals surface area contributed by atoms with Crippen molar-refractivity contribution in [2.75, 3.05) is 0 Å². The van der Waals surface area contributed by atoms with E-state index < -0.39 is 7.82 Å². The number of rotatable bonds is 9. The highest BCUT2D eigenvalue weighted by Gasteiger charge is 2.30. The summed E-state index contributed by atoms with van der Waals surface area (Å²) in [6, 6.07) is 23.3. The van der Waals surface area contributed by atoms with Crippen molar-refractivity contribution >= 4 is 19.4 Å². The molecular formula is C21H20ClO5P. The Bertz CT molecular complexity index is 887. The van der Waals surface area contributed by atoms with Gasteiger partial charge in [0, 0.05) is 0 Å². The average Bonchev–Trinajstić information content (AvgIpc) is 2.74. The quantitative estimate of drug-likeness (QED) is 0.448. The van der Waals surface area contributed by atoms with Crippen molar-refractivity contribution in [2.45, 2.75) is 19.8 Å². The molecule has 0 aliphatic rings. The lowest BCUT2D eigenvalue weighted by Crippen LogP contribution is -2.04. The van der Waals surface area contributed by atoms with Gasteiger partial charge in [-0.15, -0.1) is 0 Å². The third kappa shape index (κ3) is 5.93. The highest BCUT2D eigenvalue weighted by molar-refractivity contribution is 7.48. The lowest BCUT2D eigenvalue weighted by molar-refractivity contribution is 0.143. The molecule has 3 aromatic rings. The van der Waals surface area contributed by atoms with E-state index in [1.54, 1.807) is 6.07 Å². The van der Waals surface area contributed by atoms with Crippen LogP contribution in [0.25, 0.3) is 0 Å². The summed E-state index contributed by atoms with van der Waals surface area (Å²) in [5.41, 5.74) is 2.27. The minimum Gasteiger partial charge on any atom is -0.402 e. The van der Waals surface area contributed by atoms with Gasteiger partial charge in [-0.3, -0.25) is 9.05 Å². The molecule has 0 radical (unpaired) electrons. The summed E-state index contributed by atoms with van der Waals surface area (Å²) in [5, 5.41) is 9.41. The van der Waals surface area contributed by atoms with Crippen molar-refractivity contribution < 1.29 is 23.2 Å². The standard InChI is InChI=1S/C21H20ClO5P/c22-20-13-19(14-23)11-12-21(20)27-28(24,25-15-17-7-3-1-4-8-17)26-16-18-9-5-2-6-10-18/h1-13,23H,14-16H2. The van der Waals surface area contributed by atoms with E-state index in [1.165, 1.54) is 12.1 Å². The van der Waals surface area contributed by atoms with Crippen molar-refractivity contribution in [3.63, 3.8) is 0 Å². The van der Waals surface area contributed by atoms with E-state index in [1.807, 2.05) is 60.7 Å². The zero-order valence-electron chi connectivity index (χ0n) is 15.0. The fourth-order valence-electron chi connectivity index (χ4n) is 2.38. The van der Waals surface area contributed by atoms with Gasteiger partial charge in [0.2, 0.25) is 0 Å². The number of hydrogen-bond acceptors (Lipinski definition) is 5. The van der Waals surface area contributed by atoms with Crippen LogP contribution in [0.15, 0.2) is 78.9 Å². The fourth-order valence-corrected chi connectivity index (χ4v) is 3.87. The third-order valence-electron chi connectivity index (χ3n) is 3.85. The van der Waals surface area contributed by atoms with E-state index in [4.69, 9.17) is 25.2 Å². The van der Waals surface area contributed by atoms with Gasteiger partial charge in [0.05, 0.1) is 24.8 Å². The van der Waals surface area contributed by atoms with E-state index in [2.05, 4.69) is 0 Å². The lowest BCUT2D eigenvalue weighted by atomic mass is 10.2. The van der Waals surface area contributed by atoms with Crippen LogP contribution in [0.1, 0.15) is 16.7 Å². The number of aliphatic hydroxyl groups is 1. The molecule has 0 bridgehead atoms. The average molecular weight is 419 g/mol. The zero-order chi connectivity index (χ0) is 19.8. The van der Waals surface area contributed by atoms with Gasteiger partial charge in [-0.1, -0.05) is 78.3 Å². The molecule has 3 rings (SSSR count). The fraction of sp³-hybridized carbons (Fsp3) is 0.143. The zero-order valence-corrected chi connectivity index (χ0v) is 16.7. The Morgan fingerprint density at radius 2 is 1.32 bits per heavy atom. The topological polar surface area (TPSA) is 65.0 Å². The molecule has 3 aromatic carbocycles. The molecule has 0 fully saturated rings. The molecule has 28 heavy (non-hydrogen) atoms. The molecule has 0 unspecified atom stereocenters. The highest BCUT2D eigenvalue weighted by Crippen LogP contribution is 2.52. The number of hydrogen-bond donors (Lipinski definition) is 1. The first kappa shape index (κ1) is 20.6. The van der Waals surface area contributed by atoms with Crippen molar-refractivity contribution in [2.24, 2.45) is 0 Å². The summed E-state index contributed by atoms with van der Waals surface area (Å²) < 4.78 is 29.9. The summed E-state index contributed by atoms with van der Waals surface area (Å²) in [6.07, 6.45) is 0. The predicted molar refractivity (Wildman–Crippen MR) is 108 cm³/mol. The van der Waals surface area contributed by atoms with Crippen LogP contribution in [0.2, 0.25) is 5.02 Å². The van der Waals surface area contributed by atoms with Gasteiger partial charge in [-0.05, 0) is 28.8 Å². The molecule has 0 heterocycles. The maximum Gasteiger partial charge on any atom is 0.530 e. The van der Waals surface area contributed by atoms with Gasteiger partial charge >= 0.3 is 7.82 Å². The molecule has 0 aromatic heterocycles. The van der Waals surface area contributed by atoms with E-state index >= 15 is 0 Å². The monoisotopic (exact) mass is 418 g/mol. The number of phosphoric ester groups is 1. The minimum absolute atomic E-state index is 0.0548. The number of halogens is 1. The molecule has 1 N–H and O–H groups in total. The Kier molecular flexibility index (Phi) is 7.26. The maximum absolute atomic E-state index is 13.3. The second-order valence-electron chi connectivity index (χ2n) is 5.98. The molecule has 0 saturated heterocycles. The number of phosphoric acid groups is 1. The van der Waals surface area contributed by atoms with E-state index in [-0.39, 0.29) is 30.6 Å². The van der Waals surface area contributed by atoms with E-state index in [0.717, 1.165) is 11.1 Å². The maximum atomic E-state index is 13.3. The van der Waals surface area contributed by atoms with Crippen LogP contribution >= 0.6 is 19.4 Å². The molecule has 0 aliphatic carbocycles. The lowest BCUT2D eigenvalue weighted by Gasteiger charge is -2.19. The van der Waals surface area contributed by atoms with Crippen LogP contribution in [0, 0.1) is 0 Å². The van der Waals surface area contributed by atoms with Gasteiger partial charge in [0.1, 0.15) is 5.75 Å². The molecule has 0 aliphatic heterocycles. The van der Waals surface area contributed by atoms with Crippen LogP contribution in [-0.4, -0.2) is 5.11 Å². The normalized spacial score (nSPS) is 11.4. The smallest absolute Gasteiger partial charge is 0.402 e. The Morgan fingerprint density at radius 3 is 1.79 bits per heavy atom. The van der Waals surface area contributed by atoms with E-state index in [0.29, 0.717) is 5.56 Å². The predicted octanol–water partition coefficient (Wildman–Crippen LogP) is 5.75. The van der Waals surface area contributed by atoms with Gasteiger partial charge in [0.25, 0.3) is 0 Å². The van der Waals surface area contributed by atoms with Crippen molar-refractivity contribution in [1.29, 1.82) is 0 Å². The summed E-state index contributed by atoms with van der Waals surface area (Å²) in [4.78, 5) is 0. The first-order valence-corrected chi connectivity index (χ1v) is 10.5. The first-order valence-electron chi connectivity index (χ1n) is 8.64. The second-order valence-corrected chi connectivity index (χ2v) is 7.98. The molecule has 0 amide bonds. The first-order chi connectivity index (χ1) is 13.6. The summed E-state index contributed by atoms with van der Waals surface area (Å²) >= 11 is 6.18. The molecule has 5 nitrogen and oxygen atoms in total. The largest absolute Gasteiger partial charge is 0.530 e. The van der Waals surface area contributed by atoms with Crippen molar-refractivity contribution in [3.8, 4) is 5.75 Å². The molecule has 146 valence electrons. The van der Waals surface area contributed by atoms with Gasteiger partial charge in [0.15, 0.2) is 0 Å². The van der Waals surface area contributed by atoms with Crippen LogP contribution in [0.4, 0.5) is 0 Å². The van der Waals surface area contributed by atoms with Crippen molar-refractivity contribution in [3.05, 3.63) is 101 Å². The third-order valence-corrected chi connectivity index (χ3v) is 5.46. The molecule has 0 atom stereocenters. The van der Waals surface area contributed by atoms with Gasteiger partial charge < -0.3 is 9.63 Å². The SMILES string of the molecule is O=P(OCc1ccccc1)(OCc1ccccc1)Oc1ccc(CO)cc1Cl. The van der Waals surface area contributed by atoms with Crippen molar-refractivity contribution in [1.82, 2.24) is 0 Å². The molecular weight excluding hydrogens is 399 g/mol.